The summed E-state index contributed by atoms with van der Waals surface area (Å²) in [7, 11) is 1.46. The molecule has 5 nitrogen and oxygen atoms in total. The Labute approximate surface area is 123 Å². The molecule has 0 radical (unpaired) electrons. The molecule has 0 saturated carbocycles. The van der Waals surface area contributed by atoms with E-state index in [9.17, 15) is 4.79 Å². The number of hydrogen-bond donors (Lipinski definition) is 1. The molecule has 0 amide bonds. The van der Waals surface area contributed by atoms with Crippen LogP contribution in [0.2, 0.25) is 0 Å². The Morgan fingerprint density at radius 3 is 2.65 bits per heavy atom. The van der Waals surface area contributed by atoms with E-state index >= 15 is 0 Å². The second-order valence-corrected chi connectivity index (χ2v) is 5.66. The van der Waals surface area contributed by atoms with Crippen LogP contribution >= 0.6 is 0 Å². The summed E-state index contributed by atoms with van der Waals surface area (Å²) in [4.78, 5) is 14.4. The standard InChI is InChI=1S/C15H30N2O3/c1-4-8-16-15(2,14(18)19-3)7-5-6-9-17-10-12-20-13-11-17/h16H,4-13H2,1-3H3. The summed E-state index contributed by atoms with van der Waals surface area (Å²) in [6, 6.07) is 0. The van der Waals surface area contributed by atoms with Gasteiger partial charge in [-0.1, -0.05) is 6.92 Å². The Hall–Kier alpha value is -0.650. The number of carbonyl (C=O) groups is 1. The SMILES string of the molecule is CCCNC(C)(CCCCN1CCOCC1)C(=O)OC. The van der Waals surface area contributed by atoms with Crippen molar-refractivity contribution in [2.45, 2.75) is 45.1 Å². The maximum Gasteiger partial charge on any atom is 0.325 e. The zero-order chi connectivity index (χ0) is 14.8. The van der Waals surface area contributed by atoms with Crippen LogP contribution in [0.3, 0.4) is 0 Å². The Morgan fingerprint density at radius 1 is 1.35 bits per heavy atom. The molecule has 1 aliphatic heterocycles. The average Bonchev–Trinajstić information content (AvgIpc) is 2.49. The molecule has 118 valence electrons. The van der Waals surface area contributed by atoms with Crippen LogP contribution in [0.4, 0.5) is 0 Å². The largest absolute Gasteiger partial charge is 0.468 e. The molecule has 1 heterocycles. The van der Waals surface area contributed by atoms with Crippen LogP contribution in [-0.4, -0.2) is 62.9 Å². The Kier molecular flexibility index (Phi) is 8.11. The van der Waals surface area contributed by atoms with Gasteiger partial charge in [0.15, 0.2) is 0 Å². The molecule has 0 bridgehead atoms. The van der Waals surface area contributed by atoms with Gasteiger partial charge in [-0.05, 0) is 45.7 Å². The third-order valence-electron chi connectivity index (χ3n) is 3.91. The van der Waals surface area contributed by atoms with E-state index in [1.165, 1.54) is 7.11 Å². The number of nitrogens with zero attached hydrogens (tertiary/aromatic N) is 1. The van der Waals surface area contributed by atoms with Crippen LogP contribution in [-0.2, 0) is 14.3 Å². The summed E-state index contributed by atoms with van der Waals surface area (Å²) in [6.45, 7) is 9.73. The molecule has 20 heavy (non-hydrogen) atoms. The van der Waals surface area contributed by atoms with E-state index in [0.717, 1.165) is 65.1 Å². The predicted octanol–water partition coefficient (Wildman–Crippen LogP) is 1.42. The minimum absolute atomic E-state index is 0.155. The molecule has 5 heteroatoms. The molecule has 0 aromatic heterocycles. The van der Waals surface area contributed by atoms with E-state index in [1.54, 1.807) is 0 Å². The summed E-state index contributed by atoms with van der Waals surface area (Å²) in [5.74, 6) is -0.155. The number of morpholine rings is 1. The molecule has 1 aliphatic rings. The van der Waals surface area contributed by atoms with Gasteiger partial charge < -0.3 is 14.8 Å². The normalized spacial score (nSPS) is 19.6. The van der Waals surface area contributed by atoms with Gasteiger partial charge in [-0.15, -0.1) is 0 Å². The first-order chi connectivity index (χ1) is 9.62. The van der Waals surface area contributed by atoms with Crippen molar-refractivity contribution in [3.8, 4) is 0 Å². The number of methoxy groups -OCH3 is 1. The first kappa shape index (κ1) is 17.4. The van der Waals surface area contributed by atoms with Crippen LogP contribution in [0.5, 0.6) is 0 Å². The van der Waals surface area contributed by atoms with Gasteiger partial charge in [0.05, 0.1) is 20.3 Å². The summed E-state index contributed by atoms with van der Waals surface area (Å²) < 4.78 is 10.3. The third kappa shape index (κ3) is 5.77. The molecule has 1 rings (SSSR count). The number of rotatable bonds is 9. The fourth-order valence-corrected chi connectivity index (χ4v) is 2.53. The van der Waals surface area contributed by atoms with Crippen LogP contribution < -0.4 is 5.32 Å². The summed E-state index contributed by atoms with van der Waals surface area (Å²) in [5, 5.41) is 3.33. The van der Waals surface area contributed by atoms with Crippen LogP contribution in [0.15, 0.2) is 0 Å². The van der Waals surface area contributed by atoms with Crippen LogP contribution in [0, 0.1) is 0 Å². The Bertz CT molecular complexity index is 280. The fourth-order valence-electron chi connectivity index (χ4n) is 2.53. The van der Waals surface area contributed by atoms with Crippen molar-refractivity contribution in [2.75, 3.05) is 46.5 Å². The Morgan fingerprint density at radius 2 is 2.05 bits per heavy atom. The van der Waals surface area contributed by atoms with E-state index in [2.05, 4.69) is 17.1 Å². The second kappa shape index (κ2) is 9.32. The van der Waals surface area contributed by atoms with Crippen molar-refractivity contribution in [3.63, 3.8) is 0 Å². The molecule has 0 aromatic carbocycles. The van der Waals surface area contributed by atoms with Crippen molar-refractivity contribution in [3.05, 3.63) is 0 Å². The minimum atomic E-state index is -0.546. The molecule has 0 aromatic rings. The Balaban J connectivity index is 2.28. The van der Waals surface area contributed by atoms with Gasteiger partial charge in [0.1, 0.15) is 5.54 Å². The van der Waals surface area contributed by atoms with Crippen molar-refractivity contribution in [1.82, 2.24) is 10.2 Å². The monoisotopic (exact) mass is 286 g/mol. The van der Waals surface area contributed by atoms with E-state index in [-0.39, 0.29) is 5.97 Å². The van der Waals surface area contributed by atoms with E-state index in [4.69, 9.17) is 9.47 Å². The maximum absolute atomic E-state index is 11.9. The number of esters is 1. The van der Waals surface area contributed by atoms with Crippen LogP contribution in [0.1, 0.15) is 39.5 Å². The fraction of sp³-hybridized carbons (Fsp3) is 0.933. The van der Waals surface area contributed by atoms with E-state index in [1.807, 2.05) is 6.92 Å². The molecular weight excluding hydrogens is 256 g/mol. The minimum Gasteiger partial charge on any atom is -0.468 e. The summed E-state index contributed by atoms with van der Waals surface area (Å²) >= 11 is 0. The van der Waals surface area contributed by atoms with Crippen molar-refractivity contribution in [2.24, 2.45) is 0 Å². The van der Waals surface area contributed by atoms with E-state index in [0.29, 0.717) is 0 Å². The van der Waals surface area contributed by atoms with Crippen molar-refractivity contribution >= 4 is 5.97 Å². The highest BCUT2D eigenvalue weighted by Gasteiger charge is 2.32. The number of unbranched alkanes of at least 4 members (excludes halogenated alkanes) is 1. The molecule has 1 unspecified atom stereocenters. The average molecular weight is 286 g/mol. The lowest BCUT2D eigenvalue weighted by atomic mass is 9.94. The topological polar surface area (TPSA) is 50.8 Å². The van der Waals surface area contributed by atoms with Gasteiger partial charge >= 0.3 is 5.97 Å². The van der Waals surface area contributed by atoms with Gasteiger partial charge in [0.25, 0.3) is 0 Å². The molecule has 1 saturated heterocycles. The first-order valence-electron chi connectivity index (χ1n) is 7.76. The summed E-state index contributed by atoms with van der Waals surface area (Å²) in [5.41, 5.74) is -0.546. The van der Waals surface area contributed by atoms with Gasteiger partial charge in [0.2, 0.25) is 0 Å². The zero-order valence-corrected chi connectivity index (χ0v) is 13.2. The first-order valence-corrected chi connectivity index (χ1v) is 7.76. The zero-order valence-electron chi connectivity index (χ0n) is 13.2. The third-order valence-corrected chi connectivity index (χ3v) is 3.91. The highest BCUT2D eigenvalue weighted by atomic mass is 16.5. The maximum atomic E-state index is 11.9. The second-order valence-electron chi connectivity index (χ2n) is 5.66. The number of hydrogen-bond acceptors (Lipinski definition) is 5. The molecule has 1 fully saturated rings. The molecule has 1 N–H and O–H groups in total. The molecule has 1 atom stereocenters. The lowest BCUT2D eigenvalue weighted by Crippen LogP contribution is -2.50. The number of ether oxygens (including phenoxy) is 2. The molecule has 0 aliphatic carbocycles. The van der Waals surface area contributed by atoms with Gasteiger partial charge in [-0.25, -0.2) is 0 Å². The van der Waals surface area contributed by atoms with E-state index < -0.39 is 5.54 Å². The smallest absolute Gasteiger partial charge is 0.325 e. The lowest BCUT2D eigenvalue weighted by Gasteiger charge is -2.29. The van der Waals surface area contributed by atoms with Gasteiger partial charge in [-0.3, -0.25) is 9.69 Å². The lowest BCUT2D eigenvalue weighted by molar-refractivity contribution is -0.148. The van der Waals surface area contributed by atoms with Gasteiger partial charge in [-0.2, -0.15) is 0 Å². The molecular formula is C15H30N2O3. The number of carbonyl (C=O) groups excluding carboxylic acids is 1. The highest BCUT2D eigenvalue weighted by molar-refractivity contribution is 5.80. The van der Waals surface area contributed by atoms with Gasteiger partial charge in [0, 0.05) is 13.1 Å². The highest BCUT2D eigenvalue weighted by Crippen LogP contribution is 2.16. The molecule has 0 spiro atoms. The van der Waals surface area contributed by atoms with Crippen molar-refractivity contribution < 1.29 is 14.3 Å². The van der Waals surface area contributed by atoms with Crippen LogP contribution in [0.25, 0.3) is 0 Å². The quantitative estimate of drug-likeness (QED) is 0.513. The number of nitrogens with one attached hydrogen (secondary N) is 1. The predicted molar refractivity (Wildman–Crippen MR) is 79.8 cm³/mol. The summed E-state index contributed by atoms with van der Waals surface area (Å²) in [6.07, 6.45) is 3.98. The van der Waals surface area contributed by atoms with Crippen molar-refractivity contribution in [1.29, 1.82) is 0 Å².